The Balaban J connectivity index is 3.55. The van der Waals surface area contributed by atoms with Crippen molar-refractivity contribution in [1.29, 1.82) is 5.26 Å². The second-order valence-corrected chi connectivity index (χ2v) is 3.96. The molecule has 70 valence electrons. The largest absolute Gasteiger partial charge is 0.307 e. The summed E-state index contributed by atoms with van der Waals surface area (Å²) >= 11 is 6.02. The van der Waals surface area contributed by atoms with E-state index in [1.54, 1.807) is 0 Å². The van der Waals surface area contributed by atoms with Gasteiger partial charge >= 0.3 is 0 Å². The van der Waals surface area contributed by atoms with Gasteiger partial charge in [-0.05, 0) is 33.9 Å². The van der Waals surface area contributed by atoms with Gasteiger partial charge in [0.15, 0.2) is 0 Å². The first-order chi connectivity index (χ1) is 5.57. The Morgan fingerprint density at radius 3 is 2.50 bits per heavy atom. The zero-order chi connectivity index (χ0) is 9.56. The highest BCUT2D eigenvalue weighted by Gasteiger charge is 2.11. The van der Waals surface area contributed by atoms with E-state index < -0.39 is 0 Å². The van der Waals surface area contributed by atoms with Gasteiger partial charge in [0.2, 0.25) is 0 Å². The molecule has 0 heterocycles. The number of hydrogen-bond donors (Lipinski definition) is 0. The minimum atomic E-state index is 0.141. The lowest BCUT2D eigenvalue weighted by Gasteiger charge is -2.21. The summed E-state index contributed by atoms with van der Waals surface area (Å²) in [4.78, 5) is 2.14. The first-order valence-electron chi connectivity index (χ1n) is 4.25. The molecule has 0 aromatic rings. The van der Waals surface area contributed by atoms with E-state index in [2.05, 4.69) is 17.9 Å². The summed E-state index contributed by atoms with van der Waals surface area (Å²) in [6.07, 6.45) is 2.32. The van der Waals surface area contributed by atoms with Crippen molar-refractivity contribution in [3.05, 3.63) is 0 Å². The van der Waals surface area contributed by atoms with E-state index in [0.717, 1.165) is 12.8 Å². The molecular formula is C9H17ClN2. The summed E-state index contributed by atoms with van der Waals surface area (Å²) in [7, 11) is 4.08. The molecule has 12 heavy (non-hydrogen) atoms. The summed E-state index contributed by atoms with van der Waals surface area (Å²) in [5, 5.41) is 8.48. The minimum absolute atomic E-state index is 0.141. The number of nitriles is 1. The molecule has 0 fully saturated rings. The molecule has 0 saturated carbocycles. The number of nitrogens with zero attached hydrogens (tertiary/aromatic N) is 2. The molecule has 0 saturated heterocycles. The third kappa shape index (κ3) is 5.40. The van der Waals surface area contributed by atoms with Crippen LogP contribution in [0.4, 0.5) is 0 Å². The molecule has 3 heteroatoms. The number of alkyl halides is 1. The minimum Gasteiger partial charge on any atom is -0.307 e. The topological polar surface area (TPSA) is 27.0 Å². The van der Waals surface area contributed by atoms with Crippen LogP contribution in [0.15, 0.2) is 0 Å². The van der Waals surface area contributed by atoms with E-state index >= 15 is 0 Å². The van der Waals surface area contributed by atoms with Crippen LogP contribution in [0.2, 0.25) is 0 Å². The summed E-state index contributed by atoms with van der Waals surface area (Å²) in [5.74, 6) is 0. The summed E-state index contributed by atoms with van der Waals surface area (Å²) in [5.41, 5.74) is 0. The van der Waals surface area contributed by atoms with Crippen molar-refractivity contribution in [3.8, 4) is 6.07 Å². The predicted octanol–water partition coefficient (Wildman–Crippen LogP) is 2.24. The average molecular weight is 189 g/mol. The van der Waals surface area contributed by atoms with Gasteiger partial charge in [-0.3, -0.25) is 0 Å². The predicted molar refractivity (Wildman–Crippen MR) is 52.3 cm³/mol. The van der Waals surface area contributed by atoms with Gasteiger partial charge in [-0.25, -0.2) is 0 Å². The molecular weight excluding hydrogens is 172 g/mol. The first-order valence-corrected chi connectivity index (χ1v) is 4.69. The SMILES string of the molecule is CC(CC(Cl)CCC#N)N(C)C. The van der Waals surface area contributed by atoms with Crippen molar-refractivity contribution in [1.82, 2.24) is 4.90 Å². The Hall–Kier alpha value is -0.260. The number of halogens is 1. The Morgan fingerprint density at radius 1 is 1.50 bits per heavy atom. The molecule has 0 N–H and O–H groups in total. The fraction of sp³-hybridized carbons (Fsp3) is 0.889. The van der Waals surface area contributed by atoms with Gasteiger partial charge in [-0.15, -0.1) is 11.6 Å². The average Bonchev–Trinajstić information content (AvgIpc) is 2.00. The number of rotatable bonds is 5. The Bertz CT molecular complexity index is 151. The van der Waals surface area contributed by atoms with Crippen molar-refractivity contribution in [2.45, 2.75) is 37.6 Å². The lowest BCUT2D eigenvalue weighted by Crippen LogP contribution is -2.27. The van der Waals surface area contributed by atoms with E-state index in [-0.39, 0.29) is 5.38 Å². The summed E-state index contributed by atoms with van der Waals surface area (Å²) in [6, 6.07) is 2.59. The molecule has 2 nitrogen and oxygen atoms in total. The fourth-order valence-electron chi connectivity index (χ4n) is 0.920. The Labute approximate surface area is 80.1 Å². The van der Waals surface area contributed by atoms with Gasteiger partial charge in [-0.2, -0.15) is 5.26 Å². The maximum Gasteiger partial charge on any atom is 0.0622 e. The van der Waals surface area contributed by atoms with Crippen LogP contribution < -0.4 is 0 Å². The summed E-state index contributed by atoms with van der Waals surface area (Å²) in [6.45, 7) is 2.14. The molecule has 0 aliphatic carbocycles. The Kier molecular flexibility index (Phi) is 6.14. The normalized spacial score (nSPS) is 15.7. The molecule has 0 aliphatic rings. The van der Waals surface area contributed by atoms with E-state index in [4.69, 9.17) is 16.9 Å². The van der Waals surface area contributed by atoms with Gasteiger partial charge < -0.3 is 4.90 Å². The highest BCUT2D eigenvalue weighted by molar-refractivity contribution is 6.20. The number of hydrogen-bond acceptors (Lipinski definition) is 2. The van der Waals surface area contributed by atoms with Crippen molar-refractivity contribution in [2.24, 2.45) is 0 Å². The van der Waals surface area contributed by atoms with Crippen LogP contribution in [0.1, 0.15) is 26.2 Å². The van der Waals surface area contributed by atoms with E-state index in [1.165, 1.54) is 0 Å². The molecule has 0 aromatic carbocycles. The molecule has 0 bridgehead atoms. The molecule has 2 atom stereocenters. The van der Waals surface area contributed by atoms with Crippen LogP contribution in [0.5, 0.6) is 0 Å². The van der Waals surface area contributed by atoms with Gasteiger partial charge in [0.05, 0.1) is 6.07 Å². The molecule has 0 spiro atoms. The molecule has 0 amide bonds. The monoisotopic (exact) mass is 188 g/mol. The summed E-state index contributed by atoms with van der Waals surface area (Å²) < 4.78 is 0. The van der Waals surface area contributed by atoms with Crippen LogP contribution in [-0.4, -0.2) is 30.4 Å². The van der Waals surface area contributed by atoms with Crippen molar-refractivity contribution in [2.75, 3.05) is 14.1 Å². The standard InChI is InChI=1S/C9H17ClN2/c1-8(12(2)3)7-9(10)5-4-6-11/h8-9H,4-5,7H2,1-3H3. The molecule has 0 radical (unpaired) electrons. The van der Waals surface area contributed by atoms with Crippen LogP contribution in [0.3, 0.4) is 0 Å². The highest BCUT2D eigenvalue weighted by Crippen LogP contribution is 2.13. The van der Waals surface area contributed by atoms with Gasteiger partial charge in [-0.1, -0.05) is 0 Å². The fourth-order valence-corrected chi connectivity index (χ4v) is 1.29. The zero-order valence-corrected chi connectivity index (χ0v) is 8.80. The second-order valence-electron chi connectivity index (χ2n) is 3.34. The van der Waals surface area contributed by atoms with Gasteiger partial charge in [0.1, 0.15) is 0 Å². The second kappa shape index (κ2) is 6.28. The zero-order valence-electron chi connectivity index (χ0n) is 8.05. The first kappa shape index (κ1) is 11.7. The lowest BCUT2D eigenvalue weighted by atomic mass is 10.1. The lowest BCUT2D eigenvalue weighted by molar-refractivity contribution is 0.294. The molecule has 0 rings (SSSR count). The van der Waals surface area contributed by atoms with Gasteiger partial charge in [0, 0.05) is 17.8 Å². The van der Waals surface area contributed by atoms with E-state index in [9.17, 15) is 0 Å². The van der Waals surface area contributed by atoms with Crippen molar-refractivity contribution < 1.29 is 0 Å². The van der Waals surface area contributed by atoms with Crippen LogP contribution in [-0.2, 0) is 0 Å². The van der Waals surface area contributed by atoms with Crippen LogP contribution in [0, 0.1) is 11.3 Å². The van der Waals surface area contributed by atoms with Crippen LogP contribution in [0.25, 0.3) is 0 Å². The third-order valence-corrected chi connectivity index (χ3v) is 2.44. The van der Waals surface area contributed by atoms with Gasteiger partial charge in [0.25, 0.3) is 0 Å². The molecule has 0 aliphatic heterocycles. The van der Waals surface area contributed by atoms with E-state index in [1.807, 2.05) is 14.1 Å². The smallest absolute Gasteiger partial charge is 0.0622 e. The van der Waals surface area contributed by atoms with E-state index in [0.29, 0.717) is 12.5 Å². The Morgan fingerprint density at radius 2 is 2.08 bits per heavy atom. The highest BCUT2D eigenvalue weighted by atomic mass is 35.5. The maximum absolute atomic E-state index is 8.34. The van der Waals surface area contributed by atoms with Crippen molar-refractivity contribution >= 4 is 11.6 Å². The van der Waals surface area contributed by atoms with Crippen LogP contribution >= 0.6 is 11.6 Å². The molecule has 2 unspecified atom stereocenters. The quantitative estimate of drug-likeness (QED) is 0.619. The van der Waals surface area contributed by atoms with Crippen molar-refractivity contribution in [3.63, 3.8) is 0 Å². The third-order valence-electron chi connectivity index (χ3n) is 2.05. The molecule has 0 aromatic heterocycles. The maximum atomic E-state index is 8.34.